The third-order valence-electron chi connectivity index (χ3n) is 5.21. The highest BCUT2D eigenvalue weighted by Crippen LogP contribution is 2.36. The Kier molecular flexibility index (Phi) is 5.98. The number of halogens is 3. The van der Waals surface area contributed by atoms with Crippen molar-refractivity contribution in [3.8, 4) is 0 Å². The molecule has 2 amide bonds. The van der Waals surface area contributed by atoms with Crippen molar-refractivity contribution in [3.05, 3.63) is 47.4 Å². The van der Waals surface area contributed by atoms with Gasteiger partial charge in [-0.3, -0.25) is 24.4 Å². The minimum atomic E-state index is -4.70. The van der Waals surface area contributed by atoms with Gasteiger partial charge in [0, 0.05) is 12.4 Å². The molecule has 3 aromatic heterocycles. The first kappa shape index (κ1) is 25.4. The molecule has 0 atom stereocenters. The minimum absolute atomic E-state index is 0.0668. The summed E-state index contributed by atoms with van der Waals surface area (Å²) in [4.78, 5) is 34.3. The molecule has 1 N–H and O–H groups in total. The second-order valence-corrected chi connectivity index (χ2v) is 11.2. The van der Waals surface area contributed by atoms with Crippen LogP contribution in [0.15, 0.2) is 35.6 Å². The molecular formula is C22H22F3N5O5S. The molecule has 1 aliphatic heterocycles. The van der Waals surface area contributed by atoms with Crippen molar-refractivity contribution in [2.24, 2.45) is 0 Å². The Morgan fingerprint density at radius 2 is 1.92 bits per heavy atom. The highest BCUT2D eigenvalue weighted by atomic mass is 32.2. The number of nitrogens with one attached hydrogen (secondary N) is 1. The summed E-state index contributed by atoms with van der Waals surface area (Å²) in [5.41, 5.74) is -1.74. The van der Waals surface area contributed by atoms with Gasteiger partial charge in [-0.05, 0) is 39.0 Å². The van der Waals surface area contributed by atoms with E-state index < -0.39 is 39.2 Å². The van der Waals surface area contributed by atoms with Gasteiger partial charge in [-0.1, -0.05) is 6.92 Å². The molecule has 0 fully saturated rings. The first-order valence-corrected chi connectivity index (χ1v) is 12.4. The number of hydrogen-bond donors (Lipinski definition) is 1. The van der Waals surface area contributed by atoms with Crippen LogP contribution in [0.4, 0.5) is 29.5 Å². The maximum atomic E-state index is 13.1. The van der Waals surface area contributed by atoms with E-state index in [0.29, 0.717) is 12.3 Å². The molecule has 0 radical (unpaired) electrons. The fraction of sp³-hybridized carbons (Fsp3) is 0.364. The number of nitrogens with zero attached hydrogens (tertiary/aromatic N) is 4. The third-order valence-corrected chi connectivity index (χ3v) is 6.94. The highest BCUT2D eigenvalue weighted by molar-refractivity contribution is 7.91. The summed E-state index contributed by atoms with van der Waals surface area (Å²) in [7, 11) is -4.00. The molecule has 0 saturated heterocycles. The van der Waals surface area contributed by atoms with Gasteiger partial charge < -0.3 is 4.74 Å². The van der Waals surface area contributed by atoms with Crippen molar-refractivity contribution in [3.63, 3.8) is 0 Å². The second kappa shape index (κ2) is 8.47. The minimum Gasteiger partial charge on any atom is -0.444 e. The second-order valence-electron chi connectivity index (χ2n) is 9.02. The zero-order valence-electron chi connectivity index (χ0n) is 19.7. The zero-order valence-corrected chi connectivity index (χ0v) is 20.5. The standard InChI is InChI=1S/C22H22F3N5O5S/c1-5-36(33,34)19-17(30-11-15-14(18(30)31)8-12(9-26-15)22(23,24)25)28-16-7-6-13(10-29(16)19)27-20(32)35-21(2,3)4/h6-10H,5,11H2,1-4H3,(H,27,32). The van der Waals surface area contributed by atoms with E-state index in [2.05, 4.69) is 15.3 Å². The van der Waals surface area contributed by atoms with Crippen LogP contribution in [0.5, 0.6) is 0 Å². The van der Waals surface area contributed by atoms with Crippen molar-refractivity contribution in [1.82, 2.24) is 14.4 Å². The maximum Gasteiger partial charge on any atom is 0.417 e. The molecule has 0 saturated carbocycles. The number of rotatable bonds is 4. The van der Waals surface area contributed by atoms with Gasteiger partial charge in [0.25, 0.3) is 5.91 Å². The summed E-state index contributed by atoms with van der Waals surface area (Å²) in [6.07, 6.45) is -3.53. The van der Waals surface area contributed by atoms with Crippen LogP contribution < -0.4 is 10.2 Å². The molecule has 36 heavy (non-hydrogen) atoms. The van der Waals surface area contributed by atoms with Gasteiger partial charge in [-0.25, -0.2) is 18.2 Å². The summed E-state index contributed by atoms with van der Waals surface area (Å²) in [5, 5.41) is 2.17. The van der Waals surface area contributed by atoms with E-state index in [1.54, 1.807) is 20.8 Å². The lowest BCUT2D eigenvalue weighted by Crippen LogP contribution is -2.27. The molecule has 4 rings (SSSR count). The number of carbonyl (C=O) groups excluding carboxylic acids is 2. The predicted molar refractivity (Wildman–Crippen MR) is 123 cm³/mol. The van der Waals surface area contributed by atoms with Gasteiger partial charge in [0.15, 0.2) is 20.7 Å². The molecule has 14 heteroatoms. The molecule has 0 aromatic carbocycles. The van der Waals surface area contributed by atoms with Crippen molar-refractivity contribution >= 4 is 39.0 Å². The van der Waals surface area contributed by atoms with E-state index in [9.17, 15) is 31.2 Å². The van der Waals surface area contributed by atoms with Gasteiger partial charge in [-0.15, -0.1) is 0 Å². The Bertz CT molecular complexity index is 1490. The normalized spacial score (nSPS) is 14.3. The number of anilines is 2. The average Bonchev–Trinajstić information content (AvgIpc) is 3.29. The summed E-state index contributed by atoms with van der Waals surface area (Å²) in [6, 6.07) is 3.59. The first-order valence-electron chi connectivity index (χ1n) is 10.7. The van der Waals surface area contributed by atoms with Crippen molar-refractivity contribution in [2.45, 2.75) is 51.0 Å². The van der Waals surface area contributed by atoms with Crippen LogP contribution in [-0.2, 0) is 27.3 Å². The molecule has 0 aliphatic carbocycles. The lowest BCUT2D eigenvalue weighted by Gasteiger charge is -2.19. The topological polar surface area (TPSA) is 123 Å². The number of ether oxygens (including phenoxy) is 1. The third kappa shape index (κ3) is 4.72. The molecule has 192 valence electrons. The number of alkyl halides is 3. The van der Waals surface area contributed by atoms with Gasteiger partial charge in [-0.2, -0.15) is 13.2 Å². The number of amides is 2. The molecule has 3 aromatic rings. The van der Waals surface area contributed by atoms with Crippen molar-refractivity contribution in [2.75, 3.05) is 16.0 Å². The summed E-state index contributed by atoms with van der Waals surface area (Å²) >= 11 is 0. The van der Waals surface area contributed by atoms with Crippen molar-refractivity contribution < 1.29 is 35.9 Å². The van der Waals surface area contributed by atoms with Gasteiger partial charge in [0.2, 0.25) is 0 Å². The Balaban J connectivity index is 1.79. The largest absolute Gasteiger partial charge is 0.444 e. The smallest absolute Gasteiger partial charge is 0.417 e. The van der Waals surface area contributed by atoms with Gasteiger partial charge in [0.05, 0.1) is 34.8 Å². The van der Waals surface area contributed by atoms with Crippen LogP contribution >= 0.6 is 0 Å². The molecular weight excluding hydrogens is 503 g/mol. The van der Waals surface area contributed by atoms with Crippen LogP contribution in [0.2, 0.25) is 0 Å². The zero-order chi connectivity index (χ0) is 26.6. The molecule has 1 aliphatic rings. The van der Waals surface area contributed by atoms with Crippen LogP contribution in [0, 0.1) is 0 Å². The summed E-state index contributed by atoms with van der Waals surface area (Å²) < 4.78 is 71.9. The lowest BCUT2D eigenvalue weighted by atomic mass is 10.1. The average molecular weight is 526 g/mol. The number of aromatic nitrogens is 3. The molecule has 0 spiro atoms. The number of sulfone groups is 1. The van der Waals surface area contributed by atoms with Crippen molar-refractivity contribution in [1.29, 1.82) is 0 Å². The number of carbonyl (C=O) groups is 2. The van der Waals surface area contributed by atoms with Crippen LogP contribution in [0.1, 0.15) is 49.3 Å². The van der Waals surface area contributed by atoms with Gasteiger partial charge in [0.1, 0.15) is 11.2 Å². The molecule has 0 bridgehead atoms. The van der Waals surface area contributed by atoms with E-state index in [1.807, 2.05) is 0 Å². The first-order chi connectivity index (χ1) is 16.6. The Morgan fingerprint density at radius 3 is 2.53 bits per heavy atom. The molecule has 4 heterocycles. The Hall–Kier alpha value is -3.68. The van der Waals surface area contributed by atoms with Gasteiger partial charge >= 0.3 is 12.3 Å². The molecule has 0 unspecified atom stereocenters. The molecule has 10 nitrogen and oxygen atoms in total. The Morgan fingerprint density at radius 1 is 1.22 bits per heavy atom. The monoisotopic (exact) mass is 525 g/mol. The van der Waals surface area contributed by atoms with Crippen LogP contribution in [-0.4, -0.2) is 46.1 Å². The number of imidazole rings is 1. The van der Waals surface area contributed by atoms with E-state index >= 15 is 0 Å². The number of hydrogen-bond acceptors (Lipinski definition) is 7. The van der Waals surface area contributed by atoms with E-state index in [-0.39, 0.29) is 45.7 Å². The summed E-state index contributed by atoms with van der Waals surface area (Å²) in [5.74, 6) is -1.45. The fourth-order valence-corrected chi connectivity index (χ4v) is 4.76. The quantitative estimate of drug-likeness (QED) is 0.545. The Labute approximate surface area is 204 Å². The summed E-state index contributed by atoms with van der Waals surface area (Å²) in [6.45, 7) is 6.19. The number of fused-ring (bicyclic) bond motifs is 2. The van der Waals surface area contributed by atoms with E-state index in [4.69, 9.17) is 4.74 Å². The van der Waals surface area contributed by atoms with Crippen LogP contribution in [0.3, 0.4) is 0 Å². The number of pyridine rings is 2. The predicted octanol–water partition coefficient (Wildman–Crippen LogP) is 4.05. The fourth-order valence-electron chi connectivity index (χ4n) is 3.60. The maximum absolute atomic E-state index is 13.1. The lowest BCUT2D eigenvalue weighted by molar-refractivity contribution is -0.137. The SMILES string of the molecule is CCS(=O)(=O)c1c(N2Cc3ncc(C(F)(F)F)cc3C2=O)nc2ccc(NC(=O)OC(C)(C)C)cn12. The van der Waals surface area contributed by atoms with Crippen LogP contribution in [0.25, 0.3) is 5.65 Å². The van der Waals surface area contributed by atoms with E-state index in [0.717, 1.165) is 4.90 Å². The van der Waals surface area contributed by atoms with E-state index in [1.165, 1.54) is 29.7 Å². The highest BCUT2D eigenvalue weighted by Gasteiger charge is 2.39.